The summed E-state index contributed by atoms with van der Waals surface area (Å²) in [6, 6.07) is 5.63. The van der Waals surface area contributed by atoms with Crippen molar-refractivity contribution in [3.05, 3.63) is 29.8 Å². The lowest BCUT2D eigenvalue weighted by Crippen LogP contribution is -2.27. The van der Waals surface area contributed by atoms with Crippen molar-refractivity contribution in [1.82, 2.24) is 0 Å². The van der Waals surface area contributed by atoms with Crippen LogP contribution in [0.25, 0.3) is 0 Å². The molecule has 0 unspecified atom stereocenters. The van der Waals surface area contributed by atoms with Gasteiger partial charge in [0.05, 0.1) is 0 Å². The van der Waals surface area contributed by atoms with Crippen LogP contribution in [0.3, 0.4) is 0 Å². The van der Waals surface area contributed by atoms with Crippen molar-refractivity contribution in [2.45, 2.75) is 32.7 Å². The molecule has 0 saturated carbocycles. The van der Waals surface area contributed by atoms with Crippen molar-refractivity contribution in [3.63, 3.8) is 0 Å². The van der Waals surface area contributed by atoms with Crippen LogP contribution in [0.2, 0.25) is 0 Å². The molecule has 1 aromatic rings. The highest BCUT2D eigenvalue weighted by atomic mass is 19.4. The van der Waals surface area contributed by atoms with E-state index >= 15 is 0 Å². The smallest absolute Gasteiger partial charge is 0.449 e. The molecule has 0 fully saturated rings. The average Bonchev–Trinajstić information content (AvgIpc) is 2.11. The first-order valence-electron chi connectivity index (χ1n) is 5.85. The minimum Gasteiger partial charge on any atom is -0.449 e. The van der Waals surface area contributed by atoms with Crippen molar-refractivity contribution in [2.24, 2.45) is 0 Å². The number of ether oxygens (including phenoxy) is 1. The molecular formula is C12H16BF3NO2-. The number of hydrogen-bond acceptors (Lipinski definition) is 2. The van der Waals surface area contributed by atoms with Gasteiger partial charge in [-0.05, 0) is 32.9 Å². The summed E-state index contributed by atoms with van der Waals surface area (Å²) in [5.41, 5.74) is -0.260. The van der Waals surface area contributed by atoms with Gasteiger partial charge in [0.25, 0.3) is 0 Å². The Morgan fingerprint density at radius 3 is 2.47 bits per heavy atom. The molecule has 0 saturated heterocycles. The average molecular weight is 274 g/mol. The van der Waals surface area contributed by atoms with Crippen LogP contribution in [-0.4, -0.2) is 18.7 Å². The lowest BCUT2D eigenvalue weighted by atomic mass is 9.82. The monoisotopic (exact) mass is 274 g/mol. The highest BCUT2D eigenvalue weighted by molar-refractivity contribution is 6.57. The van der Waals surface area contributed by atoms with E-state index in [9.17, 15) is 17.7 Å². The van der Waals surface area contributed by atoms with Crippen molar-refractivity contribution >= 4 is 18.8 Å². The molecule has 0 aromatic heterocycles. The minimum atomic E-state index is -4.89. The van der Waals surface area contributed by atoms with Gasteiger partial charge < -0.3 is 17.7 Å². The lowest BCUT2D eigenvalue weighted by molar-refractivity contribution is 0.0636. The second-order valence-electron chi connectivity index (χ2n) is 5.24. The standard InChI is InChI=1S/C12H16BF3NO2/c1-12(2,3)19-11(18)17-10-6-4-5-9(7-10)8-13(14,15)16/h4-7H,8H2,1-3H3,(H,17,18)/q-1. The van der Waals surface area contributed by atoms with E-state index in [4.69, 9.17) is 4.74 Å². The predicted octanol–water partition coefficient (Wildman–Crippen LogP) is 3.96. The van der Waals surface area contributed by atoms with Crippen molar-refractivity contribution in [2.75, 3.05) is 5.32 Å². The molecule has 1 amide bonds. The SMILES string of the molecule is CC(C)(C)OC(=O)Nc1cccc(C[B-](F)(F)F)c1. The highest BCUT2D eigenvalue weighted by Crippen LogP contribution is 2.19. The van der Waals surface area contributed by atoms with E-state index in [1.165, 1.54) is 24.3 Å². The maximum Gasteiger partial charge on any atom is 0.482 e. The quantitative estimate of drug-likeness (QED) is 0.847. The first kappa shape index (κ1) is 15.4. The second kappa shape index (κ2) is 5.55. The minimum absolute atomic E-state index is 0.112. The summed E-state index contributed by atoms with van der Waals surface area (Å²) in [4.78, 5) is 11.5. The van der Waals surface area contributed by atoms with Crippen LogP contribution in [0.1, 0.15) is 26.3 Å². The molecule has 0 heterocycles. The van der Waals surface area contributed by atoms with Gasteiger partial charge in [0.15, 0.2) is 0 Å². The van der Waals surface area contributed by atoms with Crippen LogP contribution in [0.5, 0.6) is 0 Å². The van der Waals surface area contributed by atoms with E-state index in [1.54, 1.807) is 20.8 Å². The molecule has 1 rings (SSSR count). The molecule has 106 valence electrons. The van der Waals surface area contributed by atoms with Crippen LogP contribution < -0.4 is 5.32 Å². The molecule has 0 spiro atoms. The van der Waals surface area contributed by atoms with Crippen LogP contribution in [0.15, 0.2) is 24.3 Å². The number of halogens is 3. The van der Waals surface area contributed by atoms with Crippen molar-refractivity contribution in [1.29, 1.82) is 0 Å². The Bertz CT molecular complexity index is 455. The normalized spacial score (nSPS) is 12.1. The summed E-state index contributed by atoms with van der Waals surface area (Å²) in [5.74, 6) is 0. The first-order chi connectivity index (χ1) is 8.55. The zero-order valence-corrected chi connectivity index (χ0v) is 11.0. The van der Waals surface area contributed by atoms with Gasteiger partial charge in [0.1, 0.15) is 5.60 Å². The van der Waals surface area contributed by atoms with E-state index < -0.39 is 25.0 Å². The summed E-state index contributed by atoms with van der Waals surface area (Å²) in [5, 5.41) is 2.40. The Labute approximate surface area is 110 Å². The maximum atomic E-state index is 12.3. The van der Waals surface area contributed by atoms with Gasteiger partial charge in [-0.3, -0.25) is 5.32 Å². The molecule has 0 bridgehead atoms. The van der Waals surface area contributed by atoms with E-state index in [0.717, 1.165) is 0 Å². The Hall–Kier alpha value is -1.66. The molecular weight excluding hydrogens is 258 g/mol. The predicted molar refractivity (Wildman–Crippen MR) is 69.1 cm³/mol. The fourth-order valence-electron chi connectivity index (χ4n) is 1.46. The van der Waals surface area contributed by atoms with Crippen LogP contribution in [-0.2, 0) is 11.1 Å². The number of anilines is 1. The number of rotatable bonds is 3. The summed E-state index contributed by atoms with van der Waals surface area (Å²) >= 11 is 0. The molecule has 7 heteroatoms. The van der Waals surface area contributed by atoms with Gasteiger partial charge in [-0.1, -0.05) is 24.0 Å². The maximum absolute atomic E-state index is 12.3. The number of carbonyl (C=O) groups is 1. The highest BCUT2D eigenvalue weighted by Gasteiger charge is 2.23. The summed E-state index contributed by atoms with van der Waals surface area (Å²) in [6.45, 7) is 0.221. The zero-order chi connectivity index (χ0) is 14.7. The van der Waals surface area contributed by atoms with Gasteiger partial charge in [-0.25, -0.2) is 4.79 Å². The number of carbonyl (C=O) groups excluding carboxylic acids is 1. The third-order valence-electron chi connectivity index (χ3n) is 2.04. The van der Waals surface area contributed by atoms with Gasteiger partial charge in [-0.15, -0.1) is 0 Å². The van der Waals surface area contributed by atoms with Crippen molar-refractivity contribution < 1.29 is 22.5 Å². The Balaban J connectivity index is 2.70. The van der Waals surface area contributed by atoms with E-state index in [-0.39, 0.29) is 11.3 Å². The number of benzene rings is 1. The molecule has 0 aliphatic rings. The molecule has 0 aliphatic carbocycles. The van der Waals surface area contributed by atoms with Gasteiger partial charge in [-0.2, -0.15) is 0 Å². The topological polar surface area (TPSA) is 38.3 Å². The third kappa shape index (κ3) is 6.74. The fourth-order valence-corrected chi connectivity index (χ4v) is 1.46. The second-order valence-corrected chi connectivity index (χ2v) is 5.24. The Morgan fingerprint density at radius 2 is 1.95 bits per heavy atom. The van der Waals surface area contributed by atoms with Crippen LogP contribution in [0.4, 0.5) is 23.4 Å². The van der Waals surface area contributed by atoms with Crippen LogP contribution in [0, 0.1) is 0 Å². The Morgan fingerprint density at radius 1 is 1.32 bits per heavy atom. The van der Waals surface area contributed by atoms with E-state index in [2.05, 4.69) is 5.32 Å². The van der Waals surface area contributed by atoms with Gasteiger partial charge >= 0.3 is 13.1 Å². The summed E-state index contributed by atoms with van der Waals surface area (Å²) < 4.78 is 41.9. The molecule has 3 nitrogen and oxygen atoms in total. The molecule has 19 heavy (non-hydrogen) atoms. The molecule has 0 atom stereocenters. The molecule has 0 radical (unpaired) electrons. The first-order valence-corrected chi connectivity index (χ1v) is 5.85. The van der Waals surface area contributed by atoms with E-state index in [0.29, 0.717) is 0 Å². The van der Waals surface area contributed by atoms with Gasteiger partial charge in [0.2, 0.25) is 0 Å². The van der Waals surface area contributed by atoms with Crippen molar-refractivity contribution in [3.8, 4) is 0 Å². The number of amides is 1. The summed E-state index contributed by atoms with van der Waals surface area (Å²) in [6.07, 6.45) is -1.66. The van der Waals surface area contributed by atoms with Gasteiger partial charge in [0, 0.05) is 5.69 Å². The molecule has 0 aliphatic heterocycles. The number of nitrogens with one attached hydrogen (secondary N) is 1. The molecule has 1 aromatic carbocycles. The Kier molecular flexibility index (Phi) is 4.50. The fraction of sp³-hybridized carbons (Fsp3) is 0.417. The summed E-state index contributed by atoms with van der Waals surface area (Å²) in [7, 11) is 0. The lowest BCUT2D eigenvalue weighted by Gasteiger charge is -2.20. The molecule has 1 N–H and O–H groups in total. The largest absolute Gasteiger partial charge is 0.482 e. The van der Waals surface area contributed by atoms with E-state index in [1.807, 2.05) is 0 Å². The zero-order valence-electron chi connectivity index (χ0n) is 11.0. The number of hydrogen-bond donors (Lipinski definition) is 1. The third-order valence-corrected chi connectivity index (χ3v) is 2.04. The van der Waals surface area contributed by atoms with Crippen LogP contribution >= 0.6 is 0 Å².